The van der Waals surface area contributed by atoms with Crippen molar-refractivity contribution in [3.8, 4) is 22.8 Å². The second-order valence-corrected chi connectivity index (χ2v) is 5.69. The molecule has 0 atom stereocenters. The largest absolute Gasteiger partial charge is 0.496 e. The van der Waals surface area contributed by atoms with E-state index >= 15 is 0 Å². The van der Waals surface area contributed by atoms with Crippen molar-refractivity contribution in [1.29, 1.82) is 0 Å². The number of carbonyl (C=O) groups excluding carboxylic acids is 1. The average Bonchev–Trinajstić information content (AvgIpc) is 3.24. The fourth-order valence-electron chi connectivity index (χ4n) is 2.58. The van der Waals surface area contributed by atoms with Crippen LogP contribution in [0.2, 0.25) is 0 Å². The van der Waals surface area contributed by atoms with Gasteiger partial charge in [-0.05, 0) is 36.4 Å². The fourth-order valence-corrected chi connectivity index (χ4v) is 2.58. The van der Waals surface area contributed by atoms with E-state index in [1.807, 2.05) is 54.6 Å². The summed E-state index contributed by atoms with van der Waals surface area (Å²) in [7, 11) is 3.21. The van der Waals surface area contributed by atoms with Gasteiger partial charge in [-0.1, -0.05) is 30.3 Å². The number of hydrazone groups is 1. The highest BCUT2D eigenvalue weighted by Gasteiger charge is 2.13. The monoisotopic (exact) mass is 376 g/mol. The Labute approximate surface area is 162 Å². The molecule has 1 aromatic heterocycles. The van der Waals surface area contributed by atoms with Gasteiger partial charge < -0.3 is 9.47 Å². The third-order valence-electron chi connectivity index (χ3n) is 3.95. The van der Waals surface area contributed by atoms with Gasteiger partial charge in [0.25, 0.3) is 5.91 Å². The first-order valence-corrected chi connectivity index (χ1v) is 8.55. The van der Waals surface area contributed by atoms with E-state index in [1.54, 1.807) is 26.4 Å². The minimum Gasteiger partial charge on any atom is -0.496 e. The van der Waals surface area contributed by atoms with Crippen molar-refractivity contribution in [2.24, 2.45) is 5.10 Å². The molecular formula is C21H20N4O3. The maximum atomic E-state index is 12.2. The van der Waals surface area contributed by atoms with E-state index in [9.17, 15) is 4.79 Å². The molecule has 0 spiro atoms. The van der Waals surface area contributed by atoms with Gasteiger partial charge in [0, 0.05) is 17.3 Å². The maximum absolute atomic E-state index is 12.2. The first kappa shape index (κ1) is 18.9. The van der Waals surface area contributed by atoms with Crippen LogP contribution in [0.25, 0.3) is 17.3 Å². The van der Waals surface area contributed by atoms with Gasteiger partial charge >= 0.3 is 0 Å². The first-order valence-electron chi connectivity index (χ1n) is 8.55. The Bertz CT molecular complexity index is 1010. The number of nitrogens with one attached hydrogen (secondary N) is 2. The summed E-state index contributed by atoms with van der Waals surface area (Å²) in [6, 6.07) is 16.7. The maximum Gasteiger partial charge on any atom is 0.289 e. The number of carbonyl (C=O) groups is 1. The quantitative estimate of drug-likeness (QED) is 0.488. The number of methoxy groups -OCH3 is 2. The molecule has 3 aromatic rings. The van der Waals surface area contributed by atoms with Gasteiger partial charge in [-0.25, -0.2) is 5.43 Å². The molecule has 1 heterocycles. The van der Waals surface area contributed by atoms with Crippen molar-refractivity contribution >= 4 is 18.2 Å². The van der Waals surface area contributed by atoms with Crippen LogP contribution in [0.4, 0.5) is 0 Å². The van der Waals surface area contributed by atoms with Crippen LogP contribution in [0.1, 0.15) is 16.1 Å². The summed E-state index contributed by atoms with van der Waals surface area (Å²) in [5, 5.41) is 10.8. The Morgan fingerprint density at radius 2 is 1.79 bits per heavy atom. The van der Waals surface area contributed by atoms with E-state index in [-0.39, 0.29) is 0 Å². The standard InChI is InChI=1S/C21H20N4O3/c1-27-19-11-5-3-8-15(19)9-7-13-22-25-21(26)18-14-17(23-24-18)16-10-4-6-12-20(16)28-2/h3-14H,1-2H3,(H,23,24)(H,25,26)/b9-7+,22-13+. The van der Waals surface area contributed by atoms with Crippen molar-refractivity contribution < 1.29 is 14.3 Å². The summed E-state index contributed by atoms with van der Waals surface area (Å²) in [5.41, 5.74) is 5.07. The number of allylic oxidation sites excluding steroid dienone is 1. The van der Waals surface area contributed by atoms with Gasteiger partial charge in [-0.2, -0.15) is 10.2 Å². The zero-order chi connectivity index (χ0) is 19.8. The molecule has 0 unspecified atom stereocenters. The van der Waals surface area contributed by atoms with Crippen molar-refractivity contribution in [3.63, 3.8) is 0 Å². The molecule has 7 heteroatoms. The zero-order valence-electron chi connectivity index (χ0n) is 15.5. The molecule has 28 heavy (non-hydrogen) atoms. The van der Waals surface area contributed by atoms with Gasteiger partial charge in [0.15, 0.2) is 0 Å². The summed E-state index contributed by atoms with van der Waals surface area (Å²) < 4.78 is 10.6. The summed E-state index contributed by atoms with van der Waals surface area (Å²) in [4.78, 5) is 12.2. The van der Waals surface area contributed by atoms with Gasteiger partial charge in [0.2, 0.25) is 0 Å². The molecule has 0 saturated carbocycles. The molecule has 0 aliphatic carbocycles. The molecule has 1 amide bonds. The molecule has 2 N–H and O–H groups in total. The normalized spacial score (nSPS) is 11.1. The minimum absolute atomic E-state index is 0.298. The number of para-hydroxylation sites is 2. The van der Waals surface area contributed by atoms with Crippen molar-refractivity contribution in [2.75, 3.05) is 14.2 Å². The van der Waals surface area contributed by atoms with E-state index in [4.69, 9.17) is 9.47 Å². The van der Waals surface area contributed by atoms with Crippen LogP contribution in [-0.4, -0.2) is 36.5 Å². The molecule has 0 radical (unpaired) electrons. The highest BCUT2D eigenvalue weighted by molar-refractivity contribution is 5.94. The molecule has 142 valence electrons. The van der Waals surface area contributed by atoms with E-state index in [0.29, 0.717) is 17.1 Å². The van der Waals surface area contributed by atoms with Crippen LogP contribution in [-0.2, 0) is 0 Å². The highest BCUT2D eigenvalue weighted by atomic mass is 16.5. The van der Waals surface area contributed by atoms with Crippen molar-refractivity contribution in [3.05, 3.63) is 71.9 Å². The molecular weight excluding hydrogens is 356 g/mol. The molecule has 0 aliphatic rings. The number of hydrogen-bond acceptors (Lipinski definition) is 5. The average molecular weight is 376 g/mol. The number of amides is 1. The van der Waals surface area contributed by atoms with E-state index < -0.39 is 5.91 Å². The minimum atomic E-state index is -0.393. The first-order chi connectivity index (χ1) is 13.7. The predicted molar refractivity (Wildman–Crippen MR) is 109 cm³/mol. The Hall–Kier alpha value is -3.87. The smallest absolute Gasteiger partial charge is 0.289 e. The number of hydrogen-bond donors (Lipinski definition) is 2. The lowest BCUT2D eigenvalue weighted by Crippen LogP contribution is -2.17. The summed E-state index contributed by atoms with van der Waals surface area (Å²) >= 11 is 0. The Kier molecular flexibility index (Phi) is 6.20. The number of rotatable bonds is 7. The van der Waals surface area contributed by atoms with Gasteiger partial charge in [0.1, 0.15) is 17.2 Å². The number of aromatic amines is 1. The molecule has 2 aromatic carbocycles. The van der Waals surface area contributed by atoms with Crippen LogP contribution in [0.5, 0.6) is 11.5 Å². The van der Waals surface area contributed by atoms with E-state index in [0.717, 1.165) is 16.9 Å². The number of nitrogens with zero attached hydrogens (tertiary/aromatic N) is 2. The SMILES string of the molecule is COc1ccccc1/C=C/C=N/NC(=O)c1cc(-c2ccccc2OC)n[nH]1. The second kappa shape index (κ2) is 9.18. The Morgan fingerprint density at radius 3 is 2.57 bits per heavy atom. The number of aromatic nitrogens is 2. The van der Waals surface area contributed by atoms with Crippen LogP contribution in [0.15, 0.2) is 65.8 Å². The van der Waals surface area contributed by atoms with E-state index in [2.05, 4.69) is 20.7 Å². The molecule has 7 nitrogen and oxygen atoms in total. The summed E-state index contributed by atoms with van der Waals surface area (Å²) in [6.07, 6.45) is 5.04. The number of H-pyrrole nitrogens is 1. The number of benzene rings is 2. The topological polar surface area (TPSA) is 88.6 Å². The van der Waals surface area contributed by atoms with Gasteiger partial charge in [-0.3, -0.25) is 9.89 Å². The van der Waals surface area contributed by atoms with Crippen LogP contribution in [0.3, 0.4) is 0 Å². The van der Waals surface area contributed by atoms with Crippen LogP contribution in [0, 0.1) is 0 Å². The Balaban J connectivity index is 1.62. The lowest BCUT2D eigenvalue weighted by molar-refractivity contribution is 0.0950. The van der Waals surface area contributed by atoms with Crippen molar-refractivity contribution in [2.45, 2.75) is 0 Å². The Morgan fingerprint density at radius 1 is 1.07 bits per heavy atom. The lowest BCUT2D eigenvalue weighted by Gasteiger charge is -2.04. The third kappa shape index (κ3) is 4.45. The summed E-state index contributed by atoms with van der Waals surface area (Å²) in [5.74, 6) is 1.05. The summed E-state index contributed by atoms with van der Waals surface area (Å²) in [6.45, 7) is 0. The second-order valence-electron chi connectivity index (χ2n) is 5.69. The predicted octanol–water partition coefficient (Wildman–Crippen LogP) is 3.52. The molecule has 0 saturated heterocycles. The molecule has 3 rings (SSSR count). The molecule has 0 bridgehead atoms. The molecule has 0 aliphatic heterocycles. The lowest BCUT2D eigenvalue weighted by atomic mass is 10.1. The van der Waals surface area contributed by atoms with Crippen molar-refractivity contribution in [1.82, 2.24) is 15.6 Å². The van der Waals surface area contributed by atoms with Crippen LogP contribution < -0.4 is 14.9 Å². The fraction of sp³-hybridized carbons (Fsp3) is 0.0952. The number of ether oxygens (including phenoxy) is 2. The molecule has 0 fully saturated rings. The third-order valence-corrected chi connectivity index (χ3v) is 3.95. The highest BCUT2D eigenvalue weighted by Crippen LogP contribution is 2.28. The van der Waals surface area contributed by atoms with Gasteiger partial charge in [0.05, 0.1) is 19.9 Å². The zero-order valence-corrected chi connectivity index (χ0v) is 15.5. The van der Waals surface area contributed by atoms with Gasteiger partial charge in [-0.15, -0.1) is 0 Å². The van der Waals surface area contributed by atoms with E-state index in [1.165, 1.54) is 6.21 Å². The van der Waals surface area contributed by atoms with Crippen LogP contribution >= 0.6 is 0 Å².